The van der Waals surface area contributed by atoms with Crippen molar-refractivity contribution in [3.63, 3.8) is 0 Å². The van der Waals surface area contributed by atoms with Crippen molar-refractivity contribution in [2.24, 2.45) is 0 Å². The Morgan fingerprint density at radius 1 is 1.25 bits per heavy atom. The highest BCUT2D eigenvalue weighted by Crippen LogP contribution is 2.29. The van der Waals surface area contributed by atoms with E-state index >= 15 is 0 Å². The van der Waals surface area contributed by atoms with Gasteiger partial charge in [0.25, 0.3) is 0 Å². The van der Waals surface area contributed by atoms with Gasteiger partial charge in [-0.25, -0.2) is 9.97 Å². The van der Waals surface area contributed by atoms with Crippen LogP contribution in [0.5, 0.6) is 0 Å². The second-order valence-corrected chi connectivity index (χ2v) is 5.38. The van der Waals surface area contributed by atoms with Crippen LogP contribution in [-0.4, -0.2) is 14.5 Å². The fraction of sp³-hybridized carbons (Fsp3) is 0.500. The van der Waals surface area contributed by atoms with Crippen LogP contribution in [0.2, 0.25) is 0 Å². The largest absolute Gasteiger partial charge is 0.326 e. The first-order chi connectivity index (χ1) is 7.75. The highest BCUT2D eigenvalue weighted by atomic mass is 32.1. The first-order valence-electron chi connectivity index (χ1n) is 5.74. The molecule has 0 unspecified atom stereocenters. The molecule has 0 aliphatic carbocycles. The Balaban J connectivity index is 2.16. The molecule has 4 heteroatoms. The summed E-state index contributed by atoms with van der Waals surface area (Å²) < 4.78 is 2.35. The molecule has 2 aromatic rings. The molecule has 3 rings (SSSR count). The highest BCUT2D eigenvalue weighted by molar-refractivity contribution is 7.09. The van der Waals surface area contributed by atoms with E-state index in [9.17, 15) is 0 Å². The summed E-state index contributed by atoms with van der Waals surface area (Å²) in [4.78, 5) is 9.24. The fourth-order valence-electron chi connectivity index (χ4n) is 2.41. The van der Waals surface area contributed by atoms with Crippen LogP contribution < -0.4 is 0 Å². The van der Waals surface area contributed by atoms with E-state index < -0.39 is 0 Å². The zero-order chi connectivity index (χ0) is 11.1. The van der Waals surface area contributed by atoms with E-state index in [0.29, 0.717) is 0 Å². The molecule has 2 aromatic heterocycles. The summed E-state index contributed by atoms with van der Waals surface area (Å²) >= 11 is 1.71. The third-order valence-corrected chi connectivity index (χ3v) is 3.89. The van der Waals surface area contributed by atoms with Gasteiger partial charge in [-0.05, 0) is 26.7 Å². The minimum absolute atomic E-state index is 1.10. The molecule has 3 heterocycles. The first-order valence-corrected chi connectivity index (χ1v) is 6.62. The molecule has 3 nitrogen and oxygen atoms in total. The summed E-state index contributed by atoms with van der Waals surface area (Å²) in [5.41, 5.74) is 3.46. The average Bonchev–Trinajstić information content (AvgIpc) is 2.80. The summed E-state index contributed by atoms with van der Waals surface area (Å²) in [6.45, 7) is 5.24. The molecule has 0 amide bonds. The zero-order valence-corrected chi connectivity index (χ0v) is 10.5. The molecule has 0 atom stereocenters. The normalized spacial score (nSPS) is 15.1. The molecule has 0 bridgehead atoms. The maximum absolute atomic E-state index is 4.66. The van der Waals surface area contributed by atoms with Crippen molar-refractivity contribution >= 4 is 11.3 Å². The number of nitrogens with zero attached hydrogens (tertiary/aromatic N) is 3. The number of hydrogen-bond donors (Lipinski definition) is 0. The molecular formula is C12H15N3S. The lowest BCUT2D eigenvalue weighted by molar-refractivity contribution is 0.525. The number of aryl methyl sites for hydroxylation is 3. The van der Waals surface area contributed by atoms with E-state index in [4.69, 9.17) is 0 Å². The molecule has 16 heavy (non-hydrogen) atoms. The molecule has 0 aromatic carbocycles. The minimum Gasteiger partial charge on any atom is -0.326 e. The van der Waals surface area contributed by atoms with Crippen LogP contribution in [0, 0.1) is 13.8 Å². The molecule has 1 aliphatic rings. The molecule has 84 valence electrons. The van der Waals surface area contributed by atoms with Crippen LogP contribution >= 0.6 is 11.3 Å². The van der Waals surface area contributed by atoms with Crippen LogP contribution in [0.1, 0.15) is 29.4 Å². The van der Waals surface area contributed by atoms with Crippen molar-refractivity contribution in [1.29, 1.82) is 0 Å². The van der Waals surface area contributed by atoms with Gasteiger partial charge in [0.2, 0.25) is 0 Å². The zero-order valence-electron chi connectivity index (χ0n) is 9.66. The van der Waals surface area contributed by atoms with Crippen molar-refractivity contribution in [2.45, 2.75) is 39.7 Å². The predicted molar refractivity (Wildman–Crippen MR) is 65.7 cm³/mol. The maximum Gasteiger partial charge on any atom is 0.109 e. The van der Waals surface area contributed by atoms with Gasteiger partial charge in [0.05, 0.1) is 22.1 Å². The Morgan fingerprint density at radius 2 is 2.12 bits per heavy atom. The number of rotatable bonds is 1. The van der Waals surface area contributed by atoms with Gasteiger partial charge in [-0.3, -0.25) is 0 Å². The number of fused-ring (bicyclic) bond motifs is 1. The number of hydrogen-bond acceptors (Lipinski definition) is 3. The van der Waals surface area contributed by atoms with Gasteiger partial charge in [0.1, 0.15) is 5.82 Å². The van der Waals surface area contributed by atoms with Crippen molar-refractivity contribution in [3.8, 4) is 11.4 Å². The van der Waals surface area contributed by atoms with Crippen molar-refractivity contribution in [2.75, 3.05) is 0 Å². The highest BCUT2D eigenvalue weighted by Gasteiger charge is 2.19. The van der Waals surface area contributed by atoms with E-state index in [-0.39, 0.29) is 0 Å². The van der Waals surface area contributed by atoms with Gasteiger partial charge in [-0.15, -0.1) is 11.3 Å². The summed E-state index contributed by atoms with van der Waals surface area (Å²) in [7, 11) is 0. The van der Waals surface area contributed by atoms with E-state index in [1.54, 1.807) is 11.3 Å². The quantitative estimate of drug-likeness (QED) is 0.758. The number of aromatic nitrogens is 3. The van der Waals surface area contributed by atoms with Gasteiger partial charge >= 0.3 is 0 Å². The Hall–Kier alpha value is -1.16. The lowest BCUT2D eigenvalue weighted by Gasteiger charge is -2.15. The fourth-order valence-corrected chi connectivity index (χ4v) is 3.01. The standard InChI is InChI=1S/C12H15N3S/c1-8-12(10-7-16-9(2)14-10)15-6-4-3-5-11(15)13-8/h7H,3-6H2,1-2H3. The Bertz CT molecular complexity index is 524. The maximum atomic E-state index is 4.66. The van der Waals surface area contributed by atoms with Gasteiger partial charge < -0.3 is 4.57 Å². The summed E-state index contributed by atoms with van der Waals surface area (Å²) in [6, 6.07) is 0. The second-order valence-electron chi connectivity index (χ2n) is 4.32. The summed E-state index contributed by atoms with van der Waals surface area (Å²) in [5, 5.41) is 3.27. The van der Waals surface area contributed by atoms with E-state index in [1.807, 2.05) is 0 Å². The molecule has 0 fully saturated rings. The SMILES string of the molecule is Cc1nc(-c2c(C)nc3n2CCCC3)cs1. The van der Waals surface area contributed by atoms with Crippen LogP contribution in [0.15, 0.2) is 5.38 Å². The predicted octanol–water partition coefficient (Wildman–Crippen LogP) is 2.96. The topological polar surface area (TPSA) is 30.7 Å². The van der Waals surface area contributed by atoms with E-state index in [0.717, 1.165) is 29.4 Å². The average molecular weight is 233 g/mol. The molecule has 0 saturated carbocycles. The molecule has 0 radical (unpaired) electrons. The van der Waals surface area contributed by atoms with Gasteiger partial charge in [0, 0.05) is 18.3 Å². The third-order valence-electron chi connectivity index (χ3n) is 3.11. The van der Waals surface area contributed by atoms with Crippen LogP contribution in [0.25, 0.3) is 11.4 Å². The molecule has 0 N–H and O–H groups in total. The minimum atomic E-state index is 1.10. The van der Waals surface area contributed by atoms with Gasteiger partial charge in [-0.2, -0.15) is 0 Å². The van der Waals surface area contributed by atoms with Gasteiger partial charge in [0.15, 0.2) is 0 Å². The molecular weight excluding hydrogens is 218 g/mol. The Labute approximate surface area is 99.2 Å². The number of imidazole rings is 1. The third kappa shape index (κ3) is 1.48. The molecule has 1 aliphatic heterocycles. The number of thiazole rings is 1. The van der Waals surface area contributed by atoms with Crippen molar-refractivity contribution in [3.05, 3.63) is 21.9 Å². The summed E-state index contributed by atoms with van der Waals surface area (Å²) in [6.07, 6.45) is 3.65. The van der Waals surface area contributed by atoms with Crippen LogP contribution in [-0.2, 0) is 13.0 Å². The Kier molecular flexibility index (Phi) is 2.32. The summed E-state index contributed by atoms with van der Waals surface area (Å²) in [5.74, 6) is 1.24. The monoisotopic (exact) mass is 233 g/mol. The van der Waals surface area contributed by atoms with E-state index in [1.165, 1.54) is 24.4 Å². The lowest BCUT2D eigenvalue weighted by atomic mass is 10.1. The smallest absolute Gasteiger partial charge is 0.109 e. The van der Waals surface area contributed by atoms with E-state index in [2.05, 4.69) is 33.8 Å². The van der Waals surface area contributed by atoms with Crippen LogP contribution in [0.4, 0.5) is 0 Å². The molecule has 0 saturated heterocycles. The molecule has 0 spiro atoms. The second kappa shape index (κ2) is 3.70. The first kappa shape index (κ1) is 10.0. The lowest BCUT2D eigenvalue weighted by Crippen LogP contribution is -2.11. The van der Waals surface area contributed by atoms with Gasteiger partial charge in [-0.1, -0.05) is 0 Å². The Morgan fingerprint density at radius 3 is 2.88 bits per heavy atom. The van der Waals surface area contributed by atoms with Crippen molar-refractivity contribution in [1.82, 2.24) is 14.5 Å². The van der Waals surface area contributed by atoms with Crippen LogP contribution in [0.3, 0.4) is 0 Å². The van der Waals surface area contributed by atoms with Crippen molar-refractivity contribution < 1.29 is 0 Å².